The Kier molecular flexibility index (Phi) is 5.19. The summed E-state index contributed by atoms with van der Waals surface area (Å²) >= 11 is 0. The van der Waals surface area contributed by atoms with E-state index in [-0.39, 0.29) is 34.6 Å². The van der Waals surface area contributed by atoms with Crippen LogP contribution in [0.5, 0.6) is 0 Å². The molecule has 1 saturated heterocycles. The smallest absolute Gasteiger partial charge is 0.269 e. The van der Waals surface area contributed by atoms with Crippen molar-refractivity contribution in [1.29, 1.82) is 0 Å². The van der Waals surface area contributed by atoms with Crippen LogP contribution >= 0.6 is 0 Å². The Morgan fingerprint density at radius 1 is 1.23 bits per heavy atom. The summed E-state index contributed by atoms with van der Waals surface area (Å²) in [4.78, 5) is 23.7. The predicted molar refractivity (Wildman–Crippen MR) is 117 cm³/mol. The van der Waals surface area contributed by atoms with Gasteiger partial charge in [-0.15, -0.1) is 0 Å². The van der Waals surface area contributed by atoms with Crippen LogP contribution in [0.3, 0.4) is 0 Å². The molecule has 1 fully saturated rings. The quantitative estimate of drug-likeness (QED) is 0.427. The third-order valence-corrected chi connectivity index (χ3v) is 6.62. The zero-order valence-corrected chi connectivity index (χ0v) is 17.1. The summed E-state index contributed by atoms with van der Waals surface area (Å²) in [5.74, 6) is 0.407. The maximum atomic E-state index is 13.0. The fourth-order valence-electron chi connectivity index (χ4n) is 5.05. The number of rotatable bonds is 5. The molecule has 2 aromatic carbocycles. The van der Waals surface area contributed by atoms with Crippen LogP contribution < -0.4 is 10.6 Å². The lowest BCUT2D eigenvalue weighted by Gasteiger charge is -2.38. The average Bonchev–Trinajstić information content (AvgIpc) is 3.49. The molecule has 4 unspecified atom stereocenters. The van der Waals surface area contributed by atoms with Gasteiger partial charge in [-0.3, -0.25) is 14.9 Å². The molecular formula is C24H25N3O4. The summed E-state index contributed by atoms with van der Waals surface area (Å²) in [6.07, 6.45) is 7.43. The topological polar surface area (TPSA) is 93.5 Å². The molecular weight excluding hydrogens is 394 g/mol. The molecule has 1 aliphatic carbocycles. The summed E-state index contributed by atoms with van der Waals surface area (Å²) in [6, 6.07) is 12.6. The third kappa shape index (κ3) is 3.70. The molecule has 160 valence electrons. The van der Waals surface area contributed by atoms with E-state index in [1.54, 1.807) is 12.1 Å². The average molecular weight is 419 g/mol. The minimum Gasteiger partial charge on any atom is -0.377 e. The molecule has 0 aromatic heterocycles. The number of carbonyl (C=O) groups is 1. The first-order chi connectivity index (χ1) is 15.1. The molecule has 1 amide bonds. The number of para-hydroxylation sites is 1. The van der Waals surface area contributed by atoms with Gasteiger partial charge in [-0.2, -0.15) is 0 Å². The van der Waals surface area contributed by atoms with Gasteiger partial charge in [-0.1, -0.05) is 36.4 Å². The monoisotopic (exact) mass is 419 g/mol. The van der Waals surface area contributed by atoms with Gasteiger partial charge in [0.05, 0.1) is 28.3 Å². The van der Waals surface area contributed by atoms with E-state index in [1.165, 1.54) is 0 Å². The number of carbonyl (C=O) groups excluding carboxylic acids is 1. The van der Waals surface area contributed by atoms with Gasteiger partial charge in [0, 0.05) is 31.2 Å². The van der Waals surface area contributed by atoms with Gasteiger partial charge in [0.1, 0.15) is 0 Å². The molecule has 3 aliphatic rings. The number of nitrogens with zero attached hydrogens (tertiary/aromatic N) is 1. The largest absolute Gasteiger partial charge is 0.377 e. The predicted octanol–water partition coefficient (Wildman–Crippen LogP) is 4.33. The highest BCUT2D eigenvalue weighted by atomic mass is 16.6. The fourth-order valence-corrected chi connectivity index (χ4v) is 5.05. The SMILES string of the molecule is O=C(NCC1CCCO1)c1cccc2c1NC(c1ccc([N+](=O)[O-])cc1)C1CC=CC21. The minimum absolute atomic E-state index is 0.0274. The number of anilines is 1. The Bertz CT molecular complexity index is 1030. The third-order valence-electron chi connectivity index (χ3n) is 6.62. The number of benzene rings is 2. The first kappa shape index (κ1) is 19.8. The normalized spacial score (nSPS) is 26.1. The van der Waals surface area contributed by atoms with Gasteiger partial charge in [0.25, 0.3) is 11.6 Å². The summed E-state index contributed by atoms with van der Waals surface area (Å²) in [5, 5.41) is 17.7. The molecule has 0 bridgehead atoms. The van der Waals surface area contributed by atoms with Gasteiger partial charge in [0.15, 0.2) is 0 Å². The Hall–Kier alpha value is -3.19. The number of allylic oxidation sites excluding steroid dienone is 2. The molecule has 2 aromatic rings. The van der Waals surface area contributed by atoms with Crippen molar-refractivity contribution in [2.45, 2.75) is 37.3 Å². The summed E-state index contributed by atoms with van der Waals surface area (Å²) in [7, 11) is 0. The summed E-state index contributed by atoms with van der Waals surface area (Å²) in [6.45, 7) is 1.27. The molecule has 2 heterocycles. The number of hydrogen-bond acceptors (Lipinski definition) is 5. The second kappa shape index (κ2) is 8.15. The molecule has 2 aliphatic heterocycles. The molecule has 0 radical (unpaired) electrons. The zero-order valence-electron chi connectivity index (χ0n) is 17.1. The van der Waals surface area contributed by atoms with E-state index in [2.05, 4.69) is 28.9 Å². The van der Waals surface area contributed by atoms with Gasteiger partial charge in [0.2, 0.25) is 0 Å². The molecule has 0 saturated carbocycles. The first-order valence-electron chi connectivity index (χ1n) is 10.8. The van der Waals surface area contributed by atoms with E-state index in [0.717, 1.165) is 42.7 Å². The van der Waals surface area contributed by atoms with Crippen molar-refractivity contribution in [2.75, 3.05) is 18.5 Å². The van der Waals surface area contributed by atoms with Crippen molar-refractivity contribution in [3.05, 3.63) is 81.4 Å². The highest BCUT2D eigenvalue weighted by Crippen LogP contribution is 2.50. The standard InChI is InChI=1S/C24H25N3O4/c28-24(25-14-17-4-3-13-31-17)21-8-2-7-20-18-5-1-6-19(18)22(26-23(20)21)15-9-11-16(12-10-15)27(29)30/h1-2,5,7-12,17-19,22,26H,3-4,6,13-14H2,(H,25,28). The Balaban J connectivity index is 1.44. The van der Waals surface area contributed by atoms with Crippen LogP contribution in [0.2, 0.25) is 0 Å². The van der Waals surface area contributed by atoms with Crippen molar-refractivity contribution in [2.24, 2.45) is 5.92 Å². The fraction of sp³-hybridized carbons (Fsp3) is 0.375. The number of nitro benzene ring substituents is 1. The number of nitrogens with one attached hydrogen (secondary N) is 2. The van der Waals surface area contributed by atoms with E-state index in [9.17, 15) is 14.9 Å². The van der Waals surface area contributed by atoms with E-state index < -0.39 is 0 Å². The van der Waals surface area contributed by atoms with Gasteiger partial charge in [-0.25, -0.2) is 0 Å². The number of non-ortho nitro benzene ring substituents is 1. The first-order valence-corrected chi connectivity index (χ1v) is 10.8. The van der Waals surface area contributed by atoms with E-state index in [4.69, 9.17) is 4.74 Å². The van der Waals surface area contributed by atoms with Crippen molar-refractivity contribution in [1.82, 2.24) is 5.32 Å². The lowest BCUT2D eigenvalue weighted by molar-refractivity contribution is -0.384. The lowest BCUT2D eigenvalue weighted by Crippen LogP contribution is -2.34. The second-order valence-corrected chi connectivity index (χ2v) is 8.44. The van der Waals surface area contributed by atoms with E-state index in [1.807, 2.05) is 24.3 Å². The molecule has 5 rings (SSSR count). The minimum atomic E-state index is -0.385. The van der Waals surface area contributed by atoms with Crippen molar-refractivity contribution >= 4 is 17.3 Å². The van der Waals surface area contributed by atoms with Gasteiger partial charge in [-0.05, 0) is 42.4 Å². The molecule has 31 heavy (non-hydrogen) atoms. The summed E-state index contributed by atoms with van der Waals surface area (Å²) < 4.78 is 5.62. The Labute approximate surface area is 180 Å². The van der Waals surface area contributed by atoms with Crippen LogP contribution in [0.15, 0.2) is 54.6 Å². The molecule has 4 atom stereocenters. The van der Waals surface area contributed by atoms with Crippen LogP contribution in [0.1, 0.15) is 52.7 Å². The summed E-state index contributed by atoms with van der Waals surface area (Å²) in [5.41, 5.74) is 3.67. The van der Waals surface area contributed by atoms with E-state index in [0.29, 0.717) is 18.0 Å². The van der Waals surface area contributed by atoms with Crippen LogP contribution in [0.25, 0.3) is 0 Å². The van der Waals surface area contributed by atoms with Gasteiger partial charge >= 0.3 is 0 Å². The second-order valence-electron chi connectivity index (χ2n) is 8.44. The Morgan fingerprint density at radius 3 is 2.81 bits per heavy atom. The van der Waals surface area contributed by atoms with Crippen molar-refractivity contribution in [3.8, 4) is 0 Å². The van der Waals surface area contributed by atoms with Crippen molar-refractivity contribution in [3.63, 3.8) is 0 Å². The maximum absolute atomic E-state index is 13.0. The zero-order chi connectivity index (χ0) is 21.4. The number of amides is 1. The number of hydrogen-bond donors (Lipinski definition) is 2. The highest BCUT2D eigenvalue weighted by molar-refractivity contribution is 6.00. The molecule has 7 nitrogen and oxygen atoms in total. The molecule has 2 N–H and O–H groups in total. The van der Waals surface area contributed by atoms with Crippen LogP contribution in [0, 0.1) is 16.0 Å². The highest BCUT2D eigenvalue weighted by Gasteiger charge is 2.39. The molecule has 0 spiro atoms. The number of nitro groups is 1. The van der Waals surface area contributed by atoms with Gasteiger partial charge < -0.3 is 15.4 Å². The Morgan fingerprint density at radius 2 is 2.06 bits per heavy atom. The van der Waals surface area contributed by atoms with Crippen LogP contribution in [-0.2, 0) is 4.74 Å². The van der Waals surface area contributed by atoms with Crippen LogP contribution in [0.4, 0.5) is 11.4 Å². The maximum Gasteiger partial charge on any atom is 0.269 e. The lowest BCUT2D eigenvalue weighted by atomic mass is 9.76. The molecule has 7 heteroatoms. The van der Waals surface area contributed by atoms with E-state index >= 15 is 0 Å². The number of ether oxygens (including phenoxy) is 1. The van der Waals surface area contributed by atoms with Crippen molar-refractivity contribution < 1.29 is 14.5 Å². The number of fused-ring (bicyclic) bond motifs is 3. The van der Waals surface area contributed by atoms with Crippen LogP contribution in [-0.4, -0.2) is 30.1 Å².